The molecule has 1 fully saturated rings. The number of hydrogen-bond donors (Lipinski definition) is 3. The van der Waals surface area contributed by atoms with E-state index in [1.807, 2.05) is 60.7 Å². The third kappa shape index (κ3) is 5.62. The Bertz CT molecular complexity index is 674. The molecule has 3 N–H and O–H groups in total. The van der Waals surface area contributed by atoms with Crippen LogP contribution >= 0.6 is 12.2 Å². The maximum atomic E-state index is 5.38. The van der Waals surface area contributed by atoms with Crippen LogP contribution in [0.2, 0.25) is 0 Å². The van der Waals surface area contributed by atoms with E-state index in [9.17, 15) is 0 Å². The summed E-state index contributed by atoms with van der Waals surface area (Å²) in [6, 6.07) is 20.2. The molecular weight excluding hydrogens is 344 g/mol. The van der Waals surface area contributed by atoms with Crippen molar-refractivity contribution in [3.63, 3.8) is 0 Å². The van der Waals surface area contributed by atoms with Gasteiger partial charge in [0.2, 0.25) is 0 Å². The molecule has 0 saturated carbocycles. The Balaban J connectivity index is 1.58. The number of ether oxygens (including phenoxy) is 1. The molecule has 0 spiro atoms. The highest BCUT2D eigenvalue weighted by atomic mass is 32.1. The van der Waals surface area contributed by atoms with Crippen molar-refractivity contribution in [1.82, 2.24) is 10.7 Å². The molecule has 0 aromatic heterocycles. The molecule has 0 atom stereocenters. The summed E-state index contributed by atoms with van der Waals surface area (Å²) in [4.78, 5) is 1.55. The van der Waals surface area contributed by atoms with E-state index in [0.29, 0.717) is 5.11 Å². The minimum absolute atomic E-state index is 0.544. The van der Waals surface area contributed by atoms with E-state index in [-0.39, 0.29) is 0 Å². The number of hydrogen-bond acceptors (Lipinski definition) is 3. The number of rotatable bonds is 6. The van der Waals surface area contributed by atoms with Crippen LogP contribution in [-0.4, -0.2) is 50.2 Å². The lowest BCUT2D eigenvalue weighted by atomic mass is 10.0. The van der Waals surface area contributed by atoms with Gasteiger partial charge in [0.1, 0.15) is 13.1 Å². The summed E-state index contributed by atoms with van der Waals surface area (Å²) in [5, 5.41) is 8.35. The Hall–Kier alpha value is -2.28. The third-order valence-corrected chi connectivity index (χ3v) is 4.56. The first-order valence-corrected chi connectivity index (χ1v) is 9.37. The van der Waals surface area contributed by atoms with Crippen molar-refractivity contribution in [3.8, 4) is 0 Å². The molecule has 26 heavy (non-hydrogen) atoms. The van der Waals surface area contributed by atoms with Gasteiger partial charge in [-0.25, -0.2) is 0 Å². The van der Waals surface area contributed by atoms with Crippen LogP contribution in [0.15, 0.2) is 65.8 Å². The van der Waals surface area contributed by atoms with Crippen molar-refractivity contribution in [1.29, 1.82) is 0 Å². The van der Waals surface area contributed by atoms with E-state index in [1.165, 1.54) is 0 Å². The molecule has 3 rings (SSSR count). The zero-order valence-electron chi connectivity index (χ0n) is 14.8. The van der Waals surface area contributed by atoms with Gasteiger partial charge >= 0.3 is 0 Å². The molecule has 1 saturated heterocycles. The molecule has 1 aliphatic rings. The molecule has 0 unspecified atom stereocenters. The van der Waals surface area contributed by atoms with Crippen molar-refractivity contribution < 1.29 is 9.64 Å². The standard InChI is InChI=1S/C20H24N4OS/c26-20(21-11-12-24-13-15-25-16-14-24)23-22-19(17-7-3-1-4-8-17)18-9-5-2-6-10-18/h1-10H,11-16H2,(H2,21,23,26)/p+1. The highest BCUT2D eigenvalue weighted by molar-refractivity contribution is 7.80. The normalized spacial score (nSPS) is 14.5. The van der Waals surface area contributed by atoms with Crippen LogP contribution in [0.5, 0.6) is 0 Å². The van der Waals surface area contributed by atoms with E-state index >= 15 is 0 Å². The van der Waals surface area contributed by atoms with Crippen LogP contribution < -0.4 is 15.6 Å². The van der Waals surface area contributed by atoms with E-state index in [2.05, 4.69) is 15.8 Å². The van der Waals surface area contributed by atoms with Crippen molar-refractivity contribution >= 4 is 23.0 Å². The van der Waals surface area contributed by atoms with Crippen LogP contribution in [0.3, 0.4) is 0 Å². The summed E-state index contributed by atoms with van der Waals surface area (Å²) in [6.45, 7) is 5.67. The van der Waals surface area contributed by atoms with Gasteiger partial charge in [0.25, 0.3) is 0 Å². The van der Waals surface area contributed by atoms with Gasteiger partial charge < -0.3 is 15.0 Å². The van der Waals surface area contributed by atoms with Gasteiger partial charge in [0.05, 0.1) is 32.0 Å². The largest absolute Gasteiger partial charge is 0.370 e. The fraction of sp³-hybridized carbons (Fsp3) is 0.300. The number of nitrogens with zero attached hydrogens (tertiary/aromatic N) is 1. The molecule has 1 heterocycles. The SMILES string of the molecule is S=C(NCC[NH+]1CCOCC1)NN=C(c1ccccc1)c1ccccc1. The summed E-state index contributed by atoms with van der Waals surface area (Å²) < 4.78 is 5.38. The number of morpholine rings is 1. The van der Waals surface area contributed by atoms with Crippen molar-refractivity contribution in [2.75, 3.05) is 39.4 Å². The van der Waals surface area contributed by atoms with E-state index < -0.39 is 0 Å². The molecule has 136 valence electrons. The first-order chi connectivity index (χ1) is 12.8. The average Bonchev–Trinajstić information content (AvgIpc) is 2.71. The fourth-order valence-electron chi connectivity index (χ4n) is 2.90. The van der Waals surface area contributed by atoms with Crippen LogP contribution in [0.4, 0.5) is 0 Å². The minimum Gasteiger partial charge on any atom is -0.370 e. The Morgan fingerprint density at radius 3 is 2.12 bits per heavy atom. The molecule has 5 nitrogen and oxygen atoms in total. The zero-order valence-corrected chi connectivity index (χ0v) is 15.6. The highest BCUT2D eigenvalue weighted by Gasteiger charge is 2.13. The predicted molar refractivity (Wildman–Crippen MR) is 109 cm³/mol. The number of nitrogens with one attached hydrogen (secondary N) is 3. The van der Waals surface area contributed by atoms with E-state index in [4.69, 9.17) is 17.0 Å². The maximum absolute atomic E-state index is 5.38. The average molecular weight is 370 g/mol. The topological polar surface area (TPSA) is 50.1 Å². The Kier molecular flexibility index (Phi) is 7.13. The van der Waals surface area contributed by atoms with Crippen molar-refractivity contribution in [2.24, 2.45) is 5.10 Å². The third-order valence-electron chi connectivity index (χ3n) is 4.33. The molecule has 2 aromatic rings. The summed E-state index contributed by atoms with van der Waals surface area (Å²) in [7, 11) is 0. The molecule has 0 aliphatic carbocycles. The van der Waals surface area contributed by atoms with Gasteiger partial charge in [0.15, 0.2) is 5.11 Å². The molecule has 0 amide bonds. The Morgan fingerprint density at radius 1 is 0.962 bits per heavy atom. The van der Waals surface area contributed by atoms with E-state index in [1.54, 1.807) is 4.90 Å². The van der Waals surface area contributed by atoms with Crippen LogP contribution in [-0.2, 0) is 4.74 Å². The van der Waals surface area contributed by atoms with Crippen molar-refractivity contribution in [3.05, 3.63) is 71.8 Å². The summed E-state index contributed by atoms with van der Waals surface area (Å²) in [5.41, 5.74) is 5.96. The molecule has 1 aliphatic heterocycles. The Morgan fingerprint density at radius 2 is 1.54 bits per heavy atom. The zero-order chi connectivity index (χ0) is 18.0. The summed E-state index contributed by atoms with van der Waals surface area (Å²) in [6.07, 6.45) is 0. The van der Waals surface area contributed by atoms with Gasteiger partial charge in [-0.05, 0) is 12.2 Å². The fourth-order valence-corrected chi connectivity index (χ4v) is 3.04. The van der Waals surface area contributed by atoms with Crippen LogP contribution in [0, 0.1) is 0 Å². The molecule has 6 heteroatoms. The number of quaternary nitrogens is 1. The molecular formula is C20H25N4OS+. The number of thiocarbonyl (C=S) groups is 1. The second kappa shape index (κ2) is 10.0. The van der Waals surface area contributed by atoms with Crippen LogP contribution in [0.25, 0.3) is 0 Å². The van der Waals surface area contributed by atoms with Crippen LogP contribution in [0.1, 0.15) is 11.1 Å². The lowest BCUT2D eigenvalue weighted by Crippen LogP contribution is -3.14. The number of hydrazone groups is 1. The quantitative estimate of drug-likeness (QED) is 0.401. The minimum atomic E-state index is 0.544. The summed E-state index contributed by atoms with van der Waals surface area (Å²) >= 11 is 5.38. The lowest BCUT2D eigenvalue weighted by Gasteiger charge is -2.23. The maximum Gasteiger partial charge on any atom is 0.187 e. The van der Waals surface area contributed by atoms with Gasteiger partial charge in [0, 0.05) is 11.1 Å². The second-order valence-corrected chi connectivity index (χ2v) is 6.58. The van der Waals surface area contributed by atoms with Gasteiger partial charge in [-0.1, -0.05) is 60.7 Å². The molecule has 2 aromatic carbocycles. The first-order valence-electron chi connectivity index (χ1n) is 8.96. The van der Waals surface area contributed by atoms with Gasteiger partial charge in [-0.15, -0.1) is 0 Å². The van der Waals surface area contributed by atoms with Gasteiger partial charge in [-0.2, -0.15) is 5.10 Å². The lowest BCUT2D eigenvalue weighted by molar-refractivity contribution is -0.906. The first kappa shape index (κ1) is 18.5. The smallest absolute Gasteiger partial charge is 0.187 e. The highest BCUT2D eigenvalue weighted by Crippen LogP contribution is 2.10. The van der Waals surface area contributed by atoms with E-state index in [0.717, 1.165) is 56.2 Å². The van der Waals surface area contributed by atoms with Crippen molar-refractivity contribution in [2.45, 2.75) is 0 Å². The molecule has 0 bridgehead atoms. The summed E-state index contributed by atoms with van der Waals surface area (Å²) in [5.74, 6) is 0. The predicted octanol–water partition coefficient (Wildman–Crippen LogP) is 0.818. The monoisotopic (exact) mass is 369 g/mol. The Labute approximate surface area is 160 Å². The number of benzene rings is 2. The molecule has 0 radical (unpaired) electrons. The second-order valence-electron chi connectivity index (χ2n) is 6.17. The van der Waals surface area contributed by atoms with Gasteiger partial charge in [-0.3, -0.25) is 5.43 Å².